The summed E-state index contributed by atoms with van der Waals surface area (Å²) in [5, 5.41) is 2.91. The van der Waals surface area contributed by atoms with E-state index in [0.29, 0.717) is 17.1 Å². The SMILES string of the molecule is COC(=O)c1ccc(COc2ccc(C=C3Sc4ccccc4NC3=O)cc2)cc1. The molecule has 0 spiro atoms. The van der Waals surface area contributed by atoms with Gasteiger partial charge in [0.2, 0.25) is 0 Å². The summed E-state index contributed by atoms with van der Waals surface area (Å²) >= 11 is 1.46. The lowest BCUT2D eigenvalue weighted by Crippen LogP contribution is -2.17. The first kappa shape index (κ1) is 19.8. The highest BCUT2D eigenvalue weighted by atomic mass is 32.2. The lowest BCUT2D eigenvalue weighted by atomic mass is 10.1. The number of fused-ring (bicyclic) bond motifs is 1. The first-order chi connectivity index (χ1) is 14.6. The minimum absolute atomic E-state index is 0.102. The van der Waals surface area contributed by atoms with E-state index in [2.05, 4.69) is 5.32 Å². The number of nitrogens with one attached hydrogen (secondary N) is 1. The zero-order chi connectivity index (χ0) is 20.9. The Balaban J connectivity index is 1.39. The maximum Gasteiger partial charge on any atom is 0.337 e. The quantitative estimate of drug-likeness (QED) is 0.460. The molecule has 30 heavy (non-hydrogen) atoms. The Morgan fingerprint density at radius 1 is 1.00 bits per heavy atom. The van der Waals surface area contributed by atoms with Gasteiger partial charge in [0, 0.05) is 4.90 Å². The van der Waals surface area contributed by atoms with Gasteiger partial charge < -0.3 is 14.8 Å². The van der Waals surface area contributed by atoms with E-state index in [-0.39, 0.29) is 11.9 Å². The minimum Gasteiger partial charge on any atom is -0.489 e. The van der Waals surface area contributed by atoms with Crippen molar-refractivity contribution in [2.24, 2.45) is 0 Å². The van der Waals surface area contributed by atoms with Crippen LogP contribution < -0.4 is 10.1 Å². The molecule has 0 saturated heterocycles. The third-order valence-electron chi connectivity index (χ3n) is 4.54. The van der Waals surface area contributed by atoms with E-state index < -0.39 is 0 Å². The van der Waals surface area contributed by atoms with Gasteiger partial charge in [-0.2, -0.15) is 0 Å². The van der Waals surface area contributed by atoms with Gasteiger partial charge in [-0.05, 0) is 53.6 Å². The van der Waals surface area contributed by atoms with Gasteiger partial charge in [-0.1, -0.05) is 48.2 Å². The second-order valence-corrected chi connectivity index (χ2v) is 7.69. The average Bonchev–Trinajstić information content (AvgIpc) is 2.79. The molecule has 0 bridgehead atoms. The van der Waals surface area contributed by atoms with Crippen LogP contribution in [-0.2, 0) is 16.1 Å². The number of ether oxygens (including phenoxy) is 2. The van der Waals surface area contributed by atoms with Crippen molar-refractivity contribution >= 4 is 35.4 Å². The van der Waals surface area contributed by atoms with E-state index in [1.54, 1.807) is 12.1 Å². The van der Waals surface area contributed by atoms with E-state index in [0.717, 1.165) is 27.5 Å². The number of thioether (sulfide) groups is 1. The minimum atomic E-state index is -0.361. The van der Waals surface area contributed by atoms with Crippen LogP contribution in [0.5, 0.6) is 5.75 Å². The van der Waals surface area contributed by atoms with Crippen molar-refractivity contribution in [3.8, 4) is 5.75 Å². The molecule has 3 aromatic rings. The second kappa shape index (κ2) is 8.88. The van der Waals surface area contributed by atoms with Gasteiger partial charge in [0.05, 0.1) is 23.3 Å². The van der Waals surface area contributed by atoms with E-state index in [1.165, 1.54) is 18.9 Å². The largest absolute Gasteiger partial charge is 0.489 e. The number of benzene rings is 3. The van der Waals surface area contributed by atoms with Crippen LogP contribution in [0.1, 0.15) is 21.5 Å². The number of para-hydroxylation sites is 1. The van der Waals surface area contributed by atoms with Crippen LogP contribution in [-0.4, -0.2) is 19.0 Å². The molecular weight excluding hydrogens is 398 g/mol. The van der Waals surface area contributed by atoms with E-state index >= 15 is 0 Å². The van der Waals surface area contributed by atoms with Crippen molar-refractivity contribution in [1.29, 1.82) is 0 Å². The number of hydrogen-bond donors (Lipinski definition) is 1. The average molecular weight is 417 g/mol. The fourth-order valence-corrected chi connectivity index (χ4v) is 3.89. The summed E-state index contributed by atoms with van der Waals surface area (Å²) in [5.74, 6) is 0.259. The van der Waals surface area contributed by atoms with E-state index in [4.69, 9.17) is 9.47 Å². The van der Waals surface area contributed by atoms with Crippen molar-refractivity contribution < 1.29 is 19.1 Å². The predicted molar refractivity (Wildman–Crippen MR) is 117 cm³/mol. The zero-order valence-corrected chi connectivity index (χ0v) is 17.1. The molecule has 0 radical (unpaired) electrons. The van der Waals surface area contributed by atoms with Gasteiger partial charge in [0.15, 0.2) is 0 Å². The summed E-state index contributed by atoms with van der Waals surface area (Å²) in [5.41, 5.74) is 3.21. The molecule has 0 saturated carbocycles. The fourth-order valence-electron chi connectivity index (χ4n) is 2.94. The first-order valence-electron chi connectivity index (χ1n) is 9.32. The molecule has 0 atom stereocenters. The van der Waals surface area contributed by atoms with Crippen LogP contribution in [0.15, 0.2) is 82.6 Å². The van der Waals surface area contributed by atoms with Crippen LogP contribution in [0, 0.1) is 0 Å². The summed E-state index contributed by atoms with van der Waals surface area (Å²) in [6, 6.07) is 22.4. The predicted octanol–water partition coefficient (Wildman–Crippen LogP) is 5.14. The first-order valence-corrected chi connectivity index (χ1v) is 10.1. The lowest BCUT2D eigenvalue weighted by molar-refractivity contribution is -0.112. The summed E-state index contributed by atoms with van der Waals surface area (Å²) in [4.78, 5) is 25.5. The number of amides is 1. The monoisotopic (exact) mass is 417 g/mol. The topological polar surface area (TPSA) is 64.6 Å². The van der Waals surface area contributed by atoms with Gasteiger partial charge in [0.25, 0.3) is 5.91 Å². The summed E-state index contributed by atoms with van der Waals surface area (Å²) in [6.07, 6.45) is 1.87. The third kappa shape index (κ3) is 4.55. The maximum absolute atomic E-state index is 12.3. The number of hydrogen-bond acceptors (Lipinski definition) is 5. The molecule has 0 fully saturated rings. The number of carbonyl (C=O) groups is 2. The molecule has 3 aromatic carbocycles. The number of rotatable bonds is 5. The van der Waals surface area contributed by atoms with Crippen LogP contribution in [0.25, 0.3) is 6.08 Å². The van der Waals surface area contributed by atoms with E-state index in [9.17, 15) is 9.59 Å². The van der Waals surface area contributed by atoms with Crippen LogP contribution in [0.2, 0.25) is 0 Å². The Hall–Kier alpha value is -3.51. The van der Waals surface area contributed by atoms with Crippen LogP contribution >= 0.6 is 11.8 Å². The molecule has 1 aliphatic heterocycles. The smallest absolute Gasteiger partial charge is 0.337 e. The summed E-state index contributed by atoms with van der Waals surface area (Å²) in [7, 11) is 1.36. The Morgan fingerprint density at radius 2 is 1.73 bits per heavy atom. The van der Waals surface area contributed by atoms with Crippen molar-refractivity contribution in [3.63, 3.8) is 0 Å². The Morgan fingerprint density at radius 3 is 2.47 bits per heavy atom. The molecule has 0 aliphatic carbocycles. The highest BCUT2D eigenvalue weighted by Crippen LogP contribution is 2.38. The van der Waals surface area contributed by atoms with Crippen molar-refractivity contribution in [2.45, 2.75) is 11.5 Å². The standard InChI is InChI=1S/C24H19NO4S/c1-28-24(27)18-10-6-17(7-11-18)15-29-19-12-8-16(9-13-19)14-22-23(26)25-20-4-2-3-5-21(20)30-22/h2-14H,15H2,1H3,(H,25,26). The number of anilines is 1. The third-order valence-corrected chi connectivity index (χ3v) is 5.64. The van der Waals surface area contributed by atoms with E-state index in [1.807, 2.05) is 66.7 Å². The van der Waals surface area contributed by atoms with Crippen LogP contribution in [0.4, 0.5) is 5.69 Å². The molecular formula is C24H19NO4S. The molecule has 0 aromatic heterocycles. The summed E-state index contributed by atoms with van der Waals surface area (Å²) < 4.78 is 10.5. The number of methoxy groups -OCH3 is 1. The molecule has 1 N–H and O–H groups in total. The van der Waals surface area contributed by atoms with Crippen LogP contribution in [0.3, 0.4) is 0 Å². The van der Waals surface area contributed by atoms with Gasteiger partial charge in [-0.25, -0.2) is 4.79 Å². The Labute approximate surface area is 178 Å². The molecule has 5 nitrogen and oxygen atoms in total. The normalized spacial score (nSPS) is 14.0. The molecule has 150 valence electrons. The molecule has 1 amide bonds. The summed E-state index contributed by atoms with van der Waals surface area (Å²) in [6.45, 7) is 0.386. The van der Waals surface area contributed by atoms with Crippen molar-refractivity contribution in [3.05, 3.63) is 94.4 Å². The Bertz CT molecular complexity index is 1100. The molecule has 6 heteroatoms. The highest BCUT2D eigenvalue weighted by Gasteiger charge is 2.20. The Kier molecular flexibility index (Phi) is 5.86. The maximum atomic E-state index is 12.3. The van der Waals surface area contributed by atoms with Crippen molar-refractivity contribution in [1.82, 2.24) is 0 Å². The van der Waals surface area contributed by atoms with Crippen molar-refractivity contribution in [2.75, 3.05) is 12.4 Å². The molecule has 0 unspecified atom stereocenters. The van der Waals surface area contributed by atoms with Gasteiger partial charge in [-0.3, -0.25) is 4.79 Å². The fraction of sp³-hybridized carbons (Fsp3) is 0.0833. The van der Waals surface area contributed by atoms with Gasteiger partial charge in [-0.15, -0.1) is 0 Å². The number of carbonyl (C=O) groups excluding carboxylic acids is 2. The number of esters is 1. The zero-order valence-electron chi connectivity index (χ0n) is 16.3. The van der Waals surface area contributed by atoms with Gasteiger partial charge in [0.1, 0.15) is 12.4 Å². The molecule has 1 heterocycles. The lowest BCUT2D eigenvalue weighted by Gasteiger charge is -2.18. The highest BCUT2D eigenvalue weighted by molar-refractivity contribution is 8.04. The second-order valence-electron chi connectivity index (χ2n) is 6.61. The van der Waals surface area contributed by atoms with Gasteiger partial charge >= 0.3 is 5.97 Å². The molecule has 4 rings (SSSR count). The molecule has 1 aliphatic rings.